The van der Waals surface area contributed by atoms with Crippen molar-refractivity contribution in [3.05, 3.63) is 42.0 Å². The third-order valence-electron chi connectivity index (χ3n) is 2.67. The van der Waals surface area contributed by atoms with Gasteiger partial charge in [-0.1, -0.05) is 18.2 Å². The average molecular weight is 240 g/mol. The molecule has 1 aromatic heterocycles. The van der Waals surface area contributed by atoms with Crippen LogP contribution in [-0.2, 0) is 13.2 Å². The maximum atomic E-state index is 12.8. The monoisotopic (exact) mass is 240 g/mol. The van der Waals surface area contributed by atoms with Crippen molar-refractivity contribution in [1.82, 2.24) is 4.57 Å². The Kier molecular flexibility index (Phi) is 2.61. The topological polar surface area (TPSA) is 30.9 Å². The van der Waals surface area contributed by atoms with E-state index < -0.39 is 11.7 Å². The van der Waals surface area contributed by atoms with Crippen LogP contribution in [0.5, 0.6) is 0 Å². The van der Waals surface area contributed by atoms with E-state index in [2.05, 4.69) is 0 Å². The van der Waals surface area contributed by atoms with Gasteiger partial charge in [0.05, 0.1) is 5.56 Å². The lowest BCUT2D eigenvalue weighted by atomic mass is 10.0. The predicted octanol–water partition coefficient (Wildman–Crippen LogP) is 3.29. The van der Waals surface area contributed by atoms with Crippen LogP contribution in [0, 0.1) is 0 Å². The molecule has 0 fully saturated rings. The molecule has 0 unspecified atom stereocenters. The van der Waals surface area contributed by atoms with E-state index in [4.69, 9.17) is 5.73 Å². The van der Waals surface area contributed by atoms with Crippen LogP contribution in [0.15, 0.2) is 36.4 Å². The summed E-state index contributed by atoms with van der Waals surface area (Å²) in [5.41, 5.74) is 5.56. The van der Waals surface area contributed by atoms with Crippen molar-refractivity contribution in [1.29, 1.82) is 0 Å². The Balaban J connectivity index is 2.64. The smallest absolute Gasteiger partial charge is 0.385 e. The Morgan fingerprint density at radius 3 is 2.24 bits per heavy atom. The first-order chi connectivity index (χ1) is 7.91. The lowest BCUT2D eigenvalue weighted by molar-refractivity contribution is -0.137. The van der Waals surface area contributed by atoms with E-state index >= 15 is 0 Å². The number of anilines is 1. The van der Waals surface area contributed by atoms with E-state index in [1.54, 1.807) is 25.2 Å². The number of hydrogen-bond donors (Lipinski definition) is 1. The van der Waals surface area contributed by atoms with Gasteiger partial charge in [-0.3, -0.25) is 0 Å². The van der Waals surface area contributed by atoms with E-state index in [9.17, 15) is 13.2 Å². The van der Waals surface area contributed by atoms with Gasteiger partial charge in [-0.15, -0.1) is 0 Å². The molecule has 2 aromatic rings. The molecule has 2 nitrogen and oxygen atoms in total. The van der Waals surface area contributed by atoms with Crippen molar-refractivity contribution in [2.75, 3.05) is 5.73 Å². The van der Waals surface area contributed by atoms with Crippen molar-refractivity contribution in [3.8, 4) is 11.3 Å². The number of benzene rings is 1. The molecule has 0 bridgehead atoms. The molecule has 0 radical (unpaired) electrons. The summed E-state index contributed by atoms with van der Waals surface area (Å²) in [5.74, 6) is 0.428. The van der Waals surface area contributed by atoms with Crippen LogP contribution in [0.25, 0.3) is 11.3 Å². The molecule has 90 valence electrons. The summed E-state index contributed by atoms with van der Waals surface area (Å²) < 4.78 is 40.0. The van der Waals surface area contributed by atoms with Crippen LogP contribution in [0.2, 0.25) is 0 Å². The van der Waals surface area contributed by atoms with Crippen LogP contribution >= 0.6 is 0 Å². The maximum Gasteiger partial charge on any atom is 0.417 e. The van der Waals surface area contributed by atoms with Gasteiger partial charge < -0.3 is 10.3 Å². The number of hydrogen-bond acceptors (Lipinski definition) is 1. The molecule has 17 heavy (non-hydrogen) atoms. The van der Waals surface area contributed by atoms with Crippen LogP contribution in [0.3, 0.4) is 0 Å². The number of halogens is 3. The molecule has 0 aliphatic heterocycles. The minimum Gasteiger partial charge on any atom is -0.385 e. The molecule has 1 heterocycles. The highest BCUT2D eigenvalue weighted by atomic mass is 19.4. The average Bonchev–Trinajstić information content (AvgIpc) is 2.59. The highest BCUT2D eigenvalue weighted by molar-refractivity contribution is 5.67. The molecule has 0 aliphatic rings. The second kappa shape index (κ2) is 3.84. The highest BCUT2D eigenvalue weighted by Gasteiger charge is 2.33. The zero-order chi connectivity index (χ0) is 12.6. The van der Waals surface area contributed by atoms with E-state index in [1.807, 2.05) is 0 Å². The molecule has 0 amide bonds. The van der Waals surface area contributed by atoms with E-state index in [1.165, 1.54) is 16.7 Å². The molecular formula is C12H11F3N2. The van der Waals surface area contributed by atoms with Gasteiger partial charge in [0, 0.05) is 18.3 Å². The number of nitrogens with zero attached hydrogens (tertiary/aromatic N) is 1. The summed E-state index contributed by atoms with van der Waals surface area (Å²) in [4.78, 5) is 0. The summed E-state index contributed by atoms with van der Waals surface area (Å²) in [6, 6.07) is 8.63. The first kappa shape index (κ1) is 11.6. The molecule has 1 aromatic carbocycles. The number of nitrogens with two attached hydrogens (primary N) is 1. The fraction of sp³-hybridized carbons (Fsp3) is 0.167. The summed E-state index contributed by atoms with van der Waals surface area (Å²) in [6.45, 7) is 0. The second-order valence-electron chi connectivity index (χ2n) is 3.75. The van der Waals surface area contributed by atoms with Gasteiger partial charge in [0.2, 0.25) is 0 Å². The summed E-state index contributed by atoms with van der Waals surface area (Å²) in [7, 11) is 1.64. The summed E-state index contributed by atoms with van der Waals surface area (Å²) in [5, 5.41) is 0. The third-order valence-corrected chi connectivity index (χ3v) is 2.67. The van der Waals surface area contributed by atoms with Crippen LogP contribution in [-0.4, -0.2) is 4.57 Å². The van der Waals surface area contributed by atoms with E-state index in [-0.39, 0.29) is 5.56 Å². The lowest BCUT2D eigenvalue weighted by Gasteiger charge is -2.13. The first-order valence-corrected chi connectivity index (χ1v) is 4.99. The number of rotatable bonds is 1. The van der Waals surface area contributed by atoms with Gasteiger partial charge >= 0.3 is 6.18 Å². The Bertz CT molecular complexity index is 541. The molecule has 2 rings (SSSR count). The largest absolute Gasteiger partial charge is 0.417 e. The van der Waals surface area contributed by atoms with Gasteiger partial charge in [0.1, 0.15) is 5.82 Å². The molecule has 0 spiro atoms. The normalized spacial score (nSPS) is 11.8. The fourth-order valence-corrected chi connectivity index (χ4v) is 1.75. The molecule has 0 saturated carbocycles. The molecule has 2 N–H and O–H groups in total. The molecule has 0 saturated heterocycles. The summed E-state index contributed by atoms with van der Waals surface area (Å²) >= 11 is 0. The number of aromatic nitrogens is 1. The molecule has 5 heteroatoms. The second-order valence-corrected chi connectivity index (χ2v) is 3.75. The lowest BCUT2D eigenvalue weighted by Crippen LogP contribution is -2.08. The quantitative estimate of drug-likeness (QED) is 0.814. The van der Waals surface area contributed by atoms with Gasteiger partial charge in [0.25, 0.3) is 0 Å². The van der Waals surface area contributed by atoms with Gasteiger partial charge in [-0.05, 0) is 18.2 Å². The predicted molar refractivity (Wildman–Crippen MR) is 60.3 cm³/mol. The Morgan fingerprint density at radius 1 is 1.06 bits per heavy atom. The highest BCUT2D eigenvalue weighted by Crippen LogP contribution is 2.37. The number of nitrogen functional groups attached to an aromatic ring is 1. The Morgan fingerprint density at radius 2 is 1.71 bits per heavy atom. The van der Waals surface area contributed by atoms with Gasteiger partial charge in [0.15, 0.2) is 0 Å². The Labute approximate surface area is 96.5 Å². The van der Waals surface area contributed by atoms with Crippen molar-refractivity contribution in [3.63, 3.8) is 0 Å². The zero-order valence-corrected chi connectivity index (χ0v) is 9.12. The fourth-order valence-electron chi connectivity index (χ4n) is 1.75. The molecule has 0 aliphatic carbocycles. The standard InChI is InChI=1S/C12H11F3N2/c1-17-10(6-7-11(17)16)8-4-2-3-5-9(8)12(13,14)15/h2-7H,16H2,1H3. The molecule has 0 atom stereocenters. The van der Waals surface area contributed by atoms with E-state index in [0.717, 1.165) is 6.07 Å². The van der Waals surface area contributed by atoms with Gasteiger partial charge in [-0.25, -0.2) is 0 Å². The first-order valence-electron chi connectivity index (χ1n) is 4.99. The van der Waals surface area contributed by atoms with Gasteiger partial charge in [-0.2, -0.15) is 13.2 Å². The maximum absolute atomic E-state index is 12.8. The SMILES string of the molecule is Cn1c(N)ccc1-c1ccccc1C(F)(F)F. The number of alkyl halides is 3. The van der Waals surface area contributed by atoms with E-state index in [0.29, 0.717) is 11.5 Å². The molecular weight excluding hydrogens is 229 g/mol. The zero-order valence-electron chi connectivity index (χ0n) is 9.12. The third kappa shape index (κ3) is 2.00. The Hall–Kier alpha value is -1.91. The summed E-state index contributed by atoms with van der Waals surface area (Å²) in [6.07, 6.45) is -4.37. The minimum absolute atomic E-state index is 0.138. The van der Waals surface area contributed by atoms with Crippen molar-refractivity contribution >= 4 is 5.82 Å². The van der Waals surface area contributed by atoms with Crippen LogP contribution in [0.1, 0.15) is 5.56 Å². The van der Waals surface area contributed by atoms with Crippen molar-refractivity contribution < 1.29 is 13.2 Å². The van der Waals surface area contributed by atoms with Crippen LogP contribution < -0.4 is 5.73 Å². The van der Waals surface area contributed by atoms with Crippen molar-refractivity contribution in [2.45, 2.75) is 6.18 Å². The minimum atomic E-state index is -4.37. The van der Waals surface area contributed by atoms with Crippen LogP contribution in [0.4, 0.5) is 19.0 Å². The van der Waals surface area contributed by atoms with Crippen molar-refractivity contribution in [2.24, 2.45) is 7.05 Å².